The highest BCUT2D eigenvalue weighted by Crippen LogP contribution is 2.40. The summed E-state index contributed by atoms with van der Waals surface area (Å²) in [6, 6.07) is 14.6. The lowest BCUT2D eigenvalue weighted by atomic mass is 10.0. The lowest BCUT2D eigenvalue weighted by Crippen LogP contribution is -2.21. The van der Waals surface area contributed by atoms with Crippen molar-refractivity contribution >= 4 is 27.5 Å². The fourth-order valence-electron chi connectivity index (χ4n) is 3.19. The summed E-state index contributed by atoms with van der Waals surface area (Å²) in [4.78, 5) is 27.2. The molecule has 32 heavy (non-hydrogen) atoms. The van der Waals surface area contributed by atoms with Crippen LogP contribution in [0.3, 0.4) is 0 Å². The van der Waals surface area contributed by atoms with Gasteiger partial charge in [-0.2, -0.15) is 5.26 Å². The first kappa shape index (κ1) is 23.1. The number of nitriles is 1. The monoisotopic (exact) mass is 495 g/mol. The van der Waals surface area contributed by atoms with Crippen LogP contribution in [0.4, 0.5) is 5.69 Å². The highest BCUT2D eigenvalue weighted by Gasteiger charge is 2.18. The summed E-state index contributed by atoms with van der Waals surface area (Å²) in [7, 11) is 0. The predicted molar refractivity (Wildman–Crippen MR) is 126 cm³/mol. The molecule has 1 amide bonds. The van der Waals surface area contributed by atoms with Crippen molar-refractivity contribution in [2.24, 2.45) is 0 Å². The van der Waals surface area contributed by atoms with Crippen molar-refractivity contribution in [3.8, 4) is 28.7 Å². The smallest absolute Gasteiger partial charge is 0.266 e. The van der Waals surface area contributed by atoms with Crippen LogP contribution in [0.1, 0.15) is 23.7 Å². The molecule has 0 spiro atoms. The van der Waals surface area contributed by atoms with E-state index in [2.05, 4.69) is 26.2 Å². The highest BCUT2D eigenvalue weighted by atomic mass is 79.9. The van der Waals surface area contributed by atoms with E-state index in [9.17, 15) is 14.9 Å². The van der Waals surface area contributed by atoms with Crippen molar-refractivity contribution in [1.29, 1.82) is 5.26 Å². The number of ether oxygens (including phenoxy) is 2. The molecule has 1 heterocycles. The fraction of sp³-hybridized carbons (Fsp3) is 0.208. The third-order valence-electron chi connectivity index (χ3n) is 4.67. The van der Waals surface area contributed by atoms with Crippen LogP contribution in [-0.2, 0) is 4.79 Å². The molecule has 1 aromatic heterocycles. The van der Waals surface area contributed by atoms with E-state index in [4.69, 9.17) is 9.47 Å². The number of carbonyl (C=O) groups excluding carboxylic acids is 1. The van der Waals surface area contributed by atoms with E-state index in [1.54, 1.807) is 25.1 Å². The average molecular weight is 496 g/mol. The molecule has 3 aromatic rings. The Balaban J connectivity index is 1.90. The van der Waals surface area contributed by atoms with E-state index in [-0.39, 0.29) is 18.1 Å². The minimum absolute atomic E-state index is 0.0104. The molecule has 0 saturated heterocycles. The van der Waals surface area contributed by atoms with Gasteiger partial charge in [-0.3, -0.25) is 9.59 Å². The molecule has 3 rings (SSSR count). The van der Waals surface area contributed by atoms with Crippen LogP contribution in [0.25, 0.3) is 11.1 Å². The number of aryl methyl sites for hydroxylation is 2. The van der Waals surface area contributed by atoms with E-state index in [1.807, 2.05) is 44.2 Å². The first-order chi connectivity index (χ1) is 15.3. The van der Waals surface area contributed by atoms with Gasteiger partial charge < -0.3 is 19.8 Å². The number of para-hydroxylation sites is 1. The number of H-pyrrole nitrogens is 1. The molecule has 0 atom stereocenters. The summed E-state index contributed by atoms with van der Waals surface area (Å²) in [5, 5.41) is 12.3. The summed E-state index contributed by atoms with van der Waals surface area (Å²) in [6.07, 6.45) is 0. The second kappa shape index (κ2) is 10.2. The fourth-order valence-corrected chi connectivity index (χ4v) is 3.75. The normalized spacial score (nSPS) is 10.3. The Kier molecular flexibility index (Phi) is 7.33. The van der Waals surface area contributed by atoms with E-state index in [1.165, 1.54) is 0 Å². The molecule has 0 aliphatic rings. The number of hydrogen-bond donors (Lipinski definition) is 2. The zero-order chi connectivity index (χ0) is 23.3. The third-order valence-corrected chi connectivity index (χ3v) is 5.26. The van der Waals surface area contributed by atoms with Gasteiger partial charge in [0.05, 0.1) is 11.1 Å². The number of rotatable bonds is 7. The largest absolute Gasteiger partial charge is 0.490 e. The zero-order valence-corrected chi connectivity index (χ0v) is 19.5. The Morgan fingerprint density at radius 1 is 1.19 bits per heavy atom. The van der Waals surface area contributed by atoms with E-state index in [0.29, 0.717) is 45.1 Å². The van der Waals surface area contributed by atoms with Gasteiger partial charge in [-0.15, -0.1) is 0 Å². The van der Waals surface area contributed by atoms with Gasteiger partial charge >= 0.3 is 0 Å². The molecule has 8 heteroatoms. The first-order valence-electron chi connectivity index (χ1n) is 9.93. The molecule has 0 aliphatic heterocycles. The van der Waals surface area contributed by atoms with Crippen LogP contribution in [-0.4, -0.2) is 24.1 Å². The molecular formula is C24H22BrN3O4. The number of anilines is 1. The zero-order valence-electron chi connectivity index (χ0n) is 17.9. The number of pyridine rings is 1. The molecule has 0 bridgehead atoms. The van der Waals surface area contributed by atoms with E-state index in [0.717, 1.165) is 5.56 Å². The van der Waals surface area contributed by atoms with Crippen LogP contribution in [0.5, 0.6) is 11.5 Å². The van der Waals surface area contributed by atoms with E-state index < -0.39 is 5.56 Å². The quantitative estimate of drug-likeness (QED) is 0.493. The van der Waals surface area contributed by atoms with Crippen molar-refractivity contribution in [1.82, 2.24) is 4.98 Å². The van der Waals surface area contributed by atoms with Crippen molar-refractivity contribution in [2.45, 2.75) is 20.8 Å². The van der Waals surface area contributed by atoms with Crippen LogP contribution in [0.15, 0.2) is 51.7 Å². The number of hydrogen-bond acceptors (Lipinski definition) is 5. The van der Waals surface area contributed by atoms with Gasteiger partial charge in [0.2, 0.25) is 0 Å². The van der Waals surface area contributed by atoms with Crippen LogP contribution < -0.4 is 20.3 Å². The van der Waals surface area contributed by atoms with Gasteiger partial charge in [0.1, 0.15) is 11.6 Å². The molecule has 164 valence electrons. The first-order valence-corrected chi connectivity index (χ1v) is 10.7. The summed E-state index contributed by atoms with van der Waals surface area (Å²) in [5.74, 6) is 0.438. The van der Waals surface area contributed by atoms with Gasteiger partial charge in [0.25, 0.3) is 11.5 Å². The molecular weight excluding hydrogens is 474 g/mol. The number of carbonyl (C=O) groups is 1. The lowest BCUT2D eigenvalue weighted by molar-refractivity contribution is -0.118. The van der Waals surface area contributed by atoms with Gasteiger partial charge in [0.15, 0.2) is 18.1 Å². The molecule has 0 aliphatic carbocycles. The number of benzene rings is 2. The second-order valence-electron chi connectivity index (χ2n) is 7.05. The summed E-state index contributed by atoms with van der Waals surface area (Å²) in [5.41, 5.74) is 2.95. The average Bonchev–Trinajstić information content (AvgIpc) is 2.74. The SMILES string of the molecule is CCOc1cc(-c2cc(C)[nH]c(=O)c2C#N)cc(Br)c1OCC(=O)Nc1ccccc1C. The van der Waals surface area contributed by atoms with Gasteiger partial charge in [0, 0.05) is 16.9 Å². The van der Waals surface area contributed by atoms with Gasteiger partial charge in [-0.05, 0) is 72.1 Å². The number of aromatic nitrogens is 1. The van der Waals surface area contributed by atoms with Gasteiger partial charge in [-0.1, -0.05) is 18.2 Å². The topological polar surface area (TPSA) is 104 Å². The lowest BCUT2D eigenvalue weighted by Gasteiger charge is -2.16. The standard InChI is InChI=1S/C24H22BrN3O4/c1-4-31-21-11-16(17-9-15(3)27-24(30)18(17)12-26)10-19(25)23(21)32-13-22(29)28-20-8-6-5-7-14(20)2/h5-11H,4,13H2,1-3H3,(H,27,30)(H,28,29). The minimum Gasteiger partial charge on any atom is -0.490 e. The van der Waals surface area contributed by atoms with Crippen LogP contribution in [0, 0.1) is 25.2 Å². The van der Waals surface area contributed by atoms with Crippen molar-refractivity contribution in [2.75, 3.05) is 18.5 Å². The Hall–Kier alpha value is -3.57. The molecule has 2 N–H and O–H groups in total. The number of halogens is 1. The minimum atomic E-state index is -0.454. The molecule has 2 aromatic carbocycles. The number of nitrogens with one attached hydrogen (secondary N) is 2. The molecule has 0 radical (unpaired) electrons. The Bertz CT molecular complexity index is 1260. The maximum atomic E-state index is 12.4. The Morgan fingerprint density at radius 2 is 1.94 bits per heavy atom. The summed E-state index contributed by atoms with van der Waals surface area (Å²) in [6.45, 7) is 5.62. The molecule has 0 unspecified atom stereocenters. The Labute approximate surface area is 194 Å². The van der Waals surface area contributed by atoms with Crippen molar-refractivity contribution in [3.63, 3.8) is 0 Å². The predicted octanol–water partition coefficient (Wildman–Crippen LogP) is 4.71. The third kappa shape index (κ3) is 5.18. The van der Waals surface area contributed by atoms with Crippen LogP contribution >= 0.6 is 15.9 Å². The van der Waals surface area contributed by atoms with Crippen molar-refractivity contribution < 1.29 is 14.3 Å². The number of nitrogens with zero attached hydrogens (tertiary/aromatic N) is 1. The van der Waals surface area contributed by atoms with E-state index >= 15 is 0 Å². The maximum absolute atomic E-state index is 12.4. The number of aromatic amines is 1. The maximum Gasteiger partial charge on any atom is 0.266 e. The Morgan fingerprint density at radius 3 is 2.62 bits per heavy atom. The van der Waals surface area contributed by atoms with Crippen molar-refractivity contribution in [3.05, 3.63) is 74.1 Å². The summed E-state index contributed by atoms with van der Waals surface area (Å²) >= 11 is 3.47. The highest BCUT2D eigenvalue weighted by molar-refractivity contribution is 9.10. The van der Waals surface area contributed by atoms with Crippen LogP contribution in [0.2, 0.25) is 0 Å². The number of amides is 1. The van der Waals surface area contributed by atoms with Gasteiger partial charge in [-0.25, -0.2) is 0 Å². The summed E-state index contributed by atoms with van der Waals surface area (Å²) < 4.78 is 12.0. The molecule has 0 fully saturated rings. The molecule has 0 saturated carbocycles. The molecule has 7 nitrogen and oxygen atoms in total. The second-order valence-corrected chi connectivity index (χ2v) is 7.91.